The highest BCUT2D eigenvalue weighted by Gasteiger charge is 2.31. The molecule has 0 atom stereocenters. The van der Waals surface area contributed by atoms with Gasteiger partial charge in [0, 0.05) is 53.2 Å². The number of aliphatic hydroxyl groups is 2. The standard InChI is InChI=1S/2C17H17N3O4.C9H12N2O2.C7H10N2O.C6H8N2O2/c1-23-17(22)12-2-5-15-14(6-12)19(16(21)10-24-15)8-11-7-18-20(9-11)13-3-4-13;21-9-15(22)12-1-4-16-14(5-12)19(17(23)10-24-16)7-11-6-18-20(8-11)13-2-3-13;1-2-13-9(12)7-5-10-11(6-7)8-3-4-8;10-5-6-3-8-9(4-6)7-1-2-7;1-2-10-6(9)5-3-7-8-4-5/h2,5-7,9,13H,3-4,8,10H2,1H3;1,4-6,8,13,21H,2-3,7,9-10H2;5-6,8H,2-4H2,1H3;3-4,7,10H,1-2,5H2;3-4H,2H2,1H3,(H,7,8). The number of methoxy groups -OCH3 is 1. The minimum Gasteiger partial charge on any atom is -0.482 e. The molecule has 5 aromatic heterocycles. The molecule has 81 heavy (non-hydrogen) atoms. The van der Waals surface area contributed by atoms with E-state index in [-0.39, 0.29) is 43.6 Å². The van der Waals surface area contributed by atoms with Gasteiger partial charge in [-0.15, -0.1) is 0 Å². The molecule has 0 unspecified atom stereocenters. The van der Waals surface area contributed by atoms with Gasteiger partial charge in [-0.1, -0.05) is 0 Å². The second-order valence-corrected chi connectivity index (χ2v) is 19.7. The number of aliphatic hydroxyl groups excluding tert-OH is 2. The van der Waals surface area contributed by atoms with E-state index < -0.39 is 18.4 Å². The number of aromatic nitrogens is 10. The van der Waals surface area contributed by atoms with Gasteiger partial charge in [-0.2, -0.15) is 25.5 Å². The van der Waals surface area contributed by atoms with Gasteiger partial charge in [0.05, 0.1) is 123 Å². The Kier molecular flexibility index (Phi) is 18.4. The number of H-pyrrole nitrogens is 1. The number of amides is 2. The number of carbonyl (C=O) groups is 6. The highest BCUT2D eigenvalue weighted by atomic mass is 16.5. The Hall–Kier alpha value is -8.97. The lowest BCUT2D eigenvalue weighted by Gasteiger charge is -2.29. The van der Waals surface area contributed by atoms with Gasteiger partial charge >= 0.3 is 17.9 Å². The fourth-order valence-electron chi connectivity index (χ4n) is 8.39. The Morgan fingerprint density at radius 1 is 0.568 bits per heavy atom. The lowest BCUT2D eigenvalue weighted by atomic mass is 10.1. The molecule has 0 saturated heterocycles. The van der Waals surface area contributed by atoms with Crippen LogP contribution in [-0.2, 0) is 43.5 Å². The van der Waals surface area contributed by atoms with E-state index in [0.29, 0.717) is 95.6 Å². The molecule has 4 fully saturated rings. The van der Waals surface area contributed by atoms with Crippen LogP contribution in [-0.4, -0.2) is 135 Å². The Labute approximate surface area is 465 Å². The summed E-state index contributed by atoms with van der Waals surface area (Å²) in [6, 6.07) is 11.9. The predicted molar refractivity (Wildman–Crippen MR) is 287 cm³/mol. The first-order valence-electron chi connectivity index (χ1n) is 26.8. The summed E-state index contributed by atoms with van der Waals surface area (Å²) < 4.78 is 32.8. The number of benzene rings is 2. The number of anilines is 2. The number of carbonyl (C=O) groups excluding carboxylic acids is 6. The lowest BCUT2D eigenvalue weighted by molar-refractivity contribution is -0.122. The van der Waals surface area contributed by atoms with Crippen molar-refractivity contribution < 1.29 is 62.7 Å². The van der Waals surface area contributed by atoms with Gasteiger partial charge in [0.2, 0.25) is 0 Å². The molecule has 2 aliphatic heterocycles. The summed E-state index contributed by atoms with van der Waals surface area (Å²) >= 11 is 0. The number of hydrogen-bond donors (Lipinski definition) is 3. The van der Waals surface area contributed by atoms with Gasteiger partial charge in [0.25, 0.3) is 11.8 Å². The first-order valence-corrected chi connectivity index (χ1v) is 26.8. The third kappa shape index (κ3) is 15.0. The van der Waals surface area contributed by atoms with E-state index in [1.807, 2.05) is 37.3 Å². The van der Waals surface area contributed by atoms with Crippen LogP contribution in [0.3, 0.4) is 0 Å². The van der Waals surface area contributed by atoms with Crippen LogP contribution in [0.5, 0.6) is 11.5 Å². The van der Waals surface area contributed by atoms with Crippen LogP contribution >= 0.6 is 0 Å². The minimum atomic E-state index is -0.568. The van der Waals surface area contributed by atoms with Gasteiger partial charge in [-0.05, 0) is 102 Å². The van der Waals surface area contributed by atoms with Crippen molar-refractivity contribution >= 4 is 46.9 Å². The lowest BCUT2D eigenvalue weighted by Crippen LogP contribution is -2.38. The van der Waals surface area contributed by atoms with Crippen molar-refractivity contribution in [1.82, 2.24) is 49.3 Å². The van der Waals surface area contributed by atoms with Crippen LogP contribution in [0.25, 0.3) is 0 Å². The number of aromatic amines is 1. The Balaban J connectivity index is 0.000000129. The normalized spacial score (nSPS) is 15.7. The van der Waals surface area contributed by atoms with Crippen LogP contribution in [0.15, 0.2) is 98.4 Å². The molecule has 3 N–H and O–H groups in total. The average Bonchev–Trinajstić information content (AvgIpc) is 4.64. The quantitative estimate of drug-likeness (QED) is 0.0573. The summed E-state index contributed by atoms with van der Waals surface area (Å²) in [5.74, 6) is -0.644. The topological polar surface area (TPSA) is 295 Å². The number of fused-ring (bicyclic) bond motifs is 2. The Bertz CT molecular complexity index is 3170. The number of nitrogens with zero attached hydrogens (tertiary/aromatic N) is 11. The second-order valence-electron chi connectivity index (χ2n) is 19.7. The van der Waals surface area contributed by atoms with E-state index in [4.69, 9.17) is 29.2 Å². The van der Waals surface area contributed by atoms with Gasteiger partial charge in [0.1, 0.15) is 18.1 Å². The zero-order chi connectivity index (χ0) is 57.0. The Morgan fingerprint density at radius 2 is 1.01 bits per heavy atom. The summed E-state index contributed by atoms with van der Waals surface area (Å²) in [5.41, 5.74) is 5.66. The number of esters is 3. The molecule has 426 valence electrons. The number of ether oxygens (including phenoxy) is 5. The molecule has 2 amide bonds. The van der Waals surface area contributed by atoms with E-state index in [1.165, 1.54) is 45.2 Å². The third-order valence-corrected chi connectivity index (χ3v) is 13.3. The van der Waals surface area contributed by atoms with Gasteiger partial charge in [-0.25, -0.2) is 14.4 Å². The van der Waals surface area contributed by atoms with Crippen LogP contribution < -0.4 is 19.3 Å². The Morgan fingerprint density at radius 3 is 1.44 bits per heavy atom. The molecule has 4 saturated carbocycles. The van der Waals surface area contributed by atoms with E-state index in [1.54, 1.807) is 91.0 Å². The van der Waals surface area contributed by atoms with Crippen LogP contribution in [0.1, 0.15) is 148 Å². The smallest absolute Gasteiger partial charge is 0.341 e. The summed E-state index contributed by atoms with van der Waals surface area (Å²) in [6.07, 6.45) is 26.8. The molecule has 25 nitrogen and oxygen atoms in total. The van der Waals surface area contributed by atoms with Gasteiger partial charge < -0.3 is 43.7 Å². The highest BCUT2D eigenvalue weighted by molar-refractivity contribution is 6.02. The highest BCUT2D eigenvalue weighted by Crippen LogP contribution is 2.39. The molecule has 2 aromatic carbocycles. The zero-order valence-corrected chi connectivity index (χ0v) is 45.2. The third-order valence-electron chi connectivity index (χ3n) is 13.3. The maximum absolute atomic E-state index is 12.3. The summed E-state index contributed by atoms with van der Waals surface area (Å²) in [4.78, 5) is 73.4. The molecule has 6 aliphatic rings. The van der Waals surface area contributed by atoms with Gasteiger partial charge in [-0.3, -0.25) is 38.2 Å². The fourth-order valence-corrected chi connectivity index (χ4v) is 8.39. The SMILES string of the molecule is CCOC(=O)c1cn[nH]c1.CCOC(=O)c1cnn(C2CC2)c1.COC(=O)c1ccc2c(c1)N(Cc1cnn(C3CC3)c1)C(=O)CO2.O=C(CO)c1ccc2c(c1)N(Cc1cnn(C3CC3)c1)C(=O)CO2.OCc1cnn(C2CC2)c1. The monoisotopic (exact) mass is 1110 g/mol. The molecule has 7 aromatic rings. The van der Waals surface area contributed by atoms with Crippen LogP contribution in [0.4, 0.5) is 11.4 Å². The molecule has 4 aliphatic carbocycles. The number of rotatable bonds is 16. The number of ketones is 1. The van der Waals surface area contributed by atoms with Crippen molar-refractivity contribution in [3.63, 3.8) is 0 Å². The molecule has 13 rings (SSSR count). The maximum atomic E-state index is 12.3. The molecule has 0 bridgehead atoms. The minimum absolute atomic E-state index is 0.0126. The molecule has 0 radical (unpaired) electrons. The van der Waals surface area contributed by atoms with E-state index in [0.717, 1.165) is 42.4 Å². The van der Waals surface area contributed by atoms with Crippen molar-refractivity contribution in [2.75, 3.05) is 49.9 Å². The first-order chi connectivity index (χ1) is 39.4. The molecular weight excluding hydrogens is 1050 g/mol. The fraction of sp³-hybridized carbons (Fsp3) is 0.411. The maximum Gasteiger partial charge on any atom is 0.341 e. The van der Waals surface area contributed by atoms with E-state index in [9.17, 15) is 28.8 Å². The van der Waals surface area contributed by atoms with Crippen molar-refractivity contribution in [1.29, 1.82) is 0 Å². The van der Waals surface area contributed by atoms with Crippen molar-refractivity contribution in [2.24, 2.45) is 0 Å². The summed E-state index contributed by atoms with van der Waals surface area (Å²) in [5, 5.41) is 40.8. The summed E-state index contributed by atoms with van der Waals surface area (Å²) in [7, 11) is 1.33. The molecule has 25 heteroatoms. The molecular formula is C56H64N12O13. The zero-order valence-electron chi connectivity index (χ0n) is 45.2. The van der Waals surface area contributed by atoms with Crippen LogP contribution in [0, 0.1) is 0 Å². The van der Waals surface area contributed by atoms with E-state index >= 15 is 0 Å². The largest absolute Gasteiger partial charge is 0.482 e. The van der Waals surface area contributed by atoms with Crippen molar-refractivity contribution in [2.45, 2.75) is 109 Å². The van der Waals surface area contributed by atoms with E-state index in [2.05, 4.69) is 35.3 Å². The van der Waals surface area contributed by atoms with Crippen molar-refractivity contribution in [3.8, 4) is 11.5 Å². The number of Topliss-reactive ketones (excluding diaryl/α,β-unsaturated/α-hetero) is 1. The summed E-state index contributed by atoms with van der Waals surface area (Å²) in [6.45, 7) is 4.62. The van der Waals surface area contributed by atoms with Gasteiger partial charge in [0.15, 0.2) is 19.0 Å². The molecule has 7 heterocycles. The number of hydrogen-bond acceptors (Lipinski definition) is 18. The van der Waals surface area contributed by atoms with Crippen molar-refractivity contribution in [3.05, 3.63) is 137 Å². The predicted octanol–water partition coefficient (Wildman–Crippen LogP) is 5.94. The second kappa shape index (κ2) is 26.3. The number of nitrogens with one attached hydrogen (secondary N) is 1. The average molecular weight is 1110 g/mol. The first kappa shape index (κ1) is 56.7. The molecule has 0 spiro atoms. The van der Waals surface area contributed by atoms with Crippen LogP contribution in [0.2, 0.25) is 0 Å².